The predicted octanol–water partition coefficient (Wildman–Crippen LogP) is 2.39. The lowest BCUT2D eigenvalue weighted by molar-refractivity contribution is -0.141. The smallest absolute Gasteiger partial charge is 0.326 e. The van der Waals surface area contributed by atoms with Crippen molar-refractivity contribution in [2.24, 2.45) is 0 Å². The van der Waals surface area contributed by atoms with E-state index in [4.69, 9.17) is 9.84 Å². The highest BCUT2D eigenvalue weighted by Gasteiger charge is 2.17. The molecule has 1 atom stereocenters. The van der Waals surface area contributed by atoms with Crippen LogP contribution in [0.15, 0.2) is 24.3 Å². The zero-order chi connectivity index (χ0) is 15.8. The molecule has 0 aliphatic carbocycles. The van der Waals surface area contributed by atoms with Gasteiger partial charge in [-0.05, 0) is 31.6 Å². The van der Waals surface area contributed by atoms with E-state index < -0.39 is 17.9 Å². The monoisotopic (exact) mass is 291 g/mol. The topological polar surface area (TPSA) is 75.6 Å². The molecule has 0 saturated carbocycles. The number of methoxy groups -OCH3 is 1. The number of aliphatic carboxylic acids is 1. The van der Waals surface area contributed by atoms with Crippen LogP contribution in [0.3, 0.4) is 0 Å². The number of hydrogen-bond donors (Lipinski definition) is 2. The Morgan fingerprint density at radius 2 is 2.14 bits per heavy atom. The van der Waals surface area contributed by atoms with Gasteiger partial charge in [-0.25, -0.2) is 4.79 Å². The Morgan fingerprint density at radius 1 is 1.43 bits per heavy atom. The number of amides is 1. The summed E-state index contributed by atoms with van der Waals surface area (Å²) in [5.41, 5.74) is 1.82. The molecule has 1 aromatic carbocycles. The van der Waals surface area contributed by atoms with Crippen LogP contribution in [0.2, 0.25) is 0 Å². The molecule has 0 spiro atoms. The minimum Gasteiger partial charge on any atom is -0.496 e. The summed E-state index contributed by atoms with van der Waals surface area (Å²) >= 11 is 0. The Hall–Kier alpha value is -2.30. The average Bonchev–Trinajstić information content (AvgIpc) is 2.44. The third-order valence-corrected chi connectivity index (χ3v) is 2.99. The number of hydrogen-bond acceptors (Lipinski definition) is 3. The van der Waals surface area contributed by atoms with Gasteiger partial charge in [-0.15, -0.1) is 0 Å². The number of rotatable bonds is 7. The van der Waals surface area contributed by atoms with Crippen LogP contribution >= 0.6 is 0 Å². The molecule has 21 heavy (non-hydrogen) atoms. The van der Waals surface area contributed by atoms with Crippen molar-refractivity contribution in [2.45, 2.75) is 32.7 Å². The molecule has 114 valence electrons. The second kappa shape index (κ2) is 8.09. The molecule has 0 fully saturated rings. The minimum absolute atomic E-state index is 0.405. The van der Waals surface area contributed by atoms with E-state index in [1.54, 1.807) is 13.2 Å². The third-order valence-electron chi connectivity index (χ3n) is 2.99. The van der Waals surface area contributed by atoms with Crippen molar-refractivity contribution in [1.29, 1.82) is 0 Å². The van der Waals surface area contributed by atoms with E-state index in [1.165, 1.54) is 6.08 Å². The number of ether oxygens (including phenoxy) is 1. The van der Waals surface area contributed by atoms with Gasteiger partial charge in [0, 0.05) is 11.6 Å². The normalized spacial score (nSPS) is 12.1. The highest BCUT2D eigenvalue weighted by molar-refractivity contribution is 5.94. The van der Waals surface area contributed by atoms with Crippen LogP contribution in [-0.4, -0.2) is 30.1 Å². The molecule has 0 saturated heterocycles. The lowest BCUT2D eigenvalue weighted by Gasteiger charge is -2.11. The number of carbonyl (C=O) groups excluding carboxylic acids is 1. The van der Waals surface area contributed by atoms with Crippen LogP contribution < -0.4 is 10.1 Å². The Kier molecular flexibility index (Phi) is 6.46. The number of benzene rings is 1. The summed E-state index contributed by atoms with van der Waals surface area (Å²) in [5, 5.41) is 11.5. The van der Waals surface area contributed by atoms with E-state index in [2.05, 4.69) is 5.32 Å². The van der Waals surface area contributed by atoms with Crippen LogP contribution in [0.4, 0.5) is 0 Å². The van der Waals surface area contributed by atoms with E-state index in [9.17, 15) is 9.59 Å². The van der Waals surface area contributed by atoms with Crippen LogP contribution in [0.25, 0.3) is 6.08 Å². The summed E-state index contributed by atoms with van der Waals surface area (Å²) < 4.78 is 5.21. The van der Waals surface area contributed by atoms with Crippen LogP contribution in [-0.2, 0) is 9.59 Å². The Bertz CT molecular complexity index is 537. The lowest BCUT2D eigenvalue weighted by atomic mass is 10.1. The van der Waals surface area contributed by atoms with Crippen molar-refractivity contribution in [3.05, 3.63) is 35.4 Å². The first kappa shape index (κ1) is 16.8. The van der Waals surface area contributed by atoms with Crippen molar-refractivity contribution < 1.29 is 19.4 Å². The summed E-state index contributed by atoms with van der Waals surface area (Å²) in [4.78, 5) is 22.8. The third kappa shape index (κ3) is 5.30. The second-order valence-electron chi connectivity index (χ2n) is 4.77. The molecule has 2 N–H and O–H groups in total. The van der Waals surface area contributed by atoms with Crippen molar-refractivity contribution in [3.63, 3.8) is 0 Å². The van der Waals surface area contributed by atoms with E-state index in [-0.39, 0.29) is 0 Å². The van der Waals surface area contributed by atoms with E-state index in [0.717, 1.165) is 11.1 Å². The molecule has 0 radical (unpaired) electrons. The number of carboxylic acid groups (broad SMARTS) is 1. The standard InChI is InChI=1S/C16H21NO4/c1-4-5-13(16(19)20)17-15(18)9-7-12-10-11(2)6-8-14(12)21-3/h6-10,13H,4-5H2,1-3H3,(H,17,18)(H,19,20)/b9-7+. The van der Waals surface area contributed by atoms with Crippen LogP contribution in [0, 0.1) is 6.92 Å². The summed E-state index contributed by atoms with van der Waals surface area (Å²) in [5.74, 6) is -0.792. The molecule has 0 bridgehead atoms. The molecule has 0 heterocycles. The molecule has 0 aliphatic heterocycles. The largest absolute Gasteiger partial charge is 0.496 e. The fraction of sp³-hybridized carbons (Fsp3) is 0.375. The molecule has 5 heteroatoms. The Morgan fingerprint density at radius 3 is 2.71 bits per heavy atom. The number of carboxylic acids is 1. The molecule has 0 aromatic heterocycles. The zero-order valence-corrected chi connectivity index (χ0v) is 12.6. The molecule has 1 aromatic rings. The Labute approximate surface area is 124 Å². The number of carbonyl (C=O) groups is 2. The van der Waals surface area contributed by atoms with Gasteiger partial charge in [0.15, 0.2) is 0 Å². The van der Waals surface area contributed by atoms with Gasteiger partial charge in [-0.1, -0.05) is 25.0 Å². The Balaban J connectivity index is 2.78. The fourth-order valence-electron chi connectivity index (χ4n) is 1.92. The van der Waals surface area contributed by atoms with E-state index in [0.29, 0.717) is 18.6 Å². The van der Waals surface area contributed by atoms with Crippen molar-refractivity contribution in [1.82, 2.24) is 5.32 Å². The number of aryl methyl sites for hydroxylation is 1. The molecule has 5 nitrogen and oxygen atoms in total. The van der Waals surface area contributed by atoms with Gasteiger partial charge in [0.05, 0.1) is 7.11 Å². The molecule has 1 rings (SSSR count). The maximum Gasteiger partial charge on any atom is 0.326 e. The second-order valence-corrected chi connectivity index (χ2v) is 4.77. The first-order chi connectivity index (χ1) is 9.97. The van der Waals surface area contributed by atoms with Gasteiger partial charge < -0.3 is 15.2 Å². The highest BCUT2D eigenvalue weighted by Crippen LogP contribution is 2.20. The van der Waals surface area contributed by atoms with E-state index in [1.807, 2.05) is 32.0 Å². The van der Waals surface area contributed by atoms with Gasteiger partial charge in [0.2, 0.25) is 5.91 Å². The summed E-state index contributed by atoms with van der Waals surface area (Å²) in [6, 6.07) is 4.78. The minimum atomic E-state index is -1.02. The molecular weight excluding hydrogens is 270 g/mol. The molecule has 1 unspecified atom stereocenters. The summed E-state index contributed by atoms with van der Waals surface area (Å²) in [7, 11) is 1.56. The van der Waals surface area contributed by atoms with Crippen molar-refractivity contribution in [3.8, 4) is 5.75 Å². The van der Waals surface area contributed by atoms with Gasteiger partial charge in [0.1, 0.15) is 11.8 Å². The first-order valence-corrected chi connectivity index (χ1v) is 6.84. The fourth-order valence-corrected chi connectivity index (χ4v) is 1.92. The zero-order valence-electron chi connectivity index (χ0n) is 12.6. The summed E-state index contributed by atoms with van der Waals surface area (Å²) in [6.45, 7) is 3.81. The molecule has 1 amide bonds. The van der Waals surface area contributed by atoms with Gasteiger partial charge in [-0.2, -0.15) is 0 Å². The average molecular weight is 291 g/mol. The maximum absolute atomic E-state index is 11.8. The summed E-state index contributed by atoms with van der Waals surface area (Å²) in [6.07, 6.45) is 4.03. The predicted molar refractivity (Wildman–Crippen MR) is 81.2 cm³/mol. The molecule has 0 aliphatic rings. The molecular formula is C16H21NO4. The van der Waals surface area contributed by atoms with Gasteiger partial charge in [-0.3, -0.25) is 4.79 Å². The van der Waals surface area contributed by atoms with Crippen molar-refractivity contribution in [2.75, 3.05) is 7.11 Å². The van der Waals surface area contributed by atoms with Crippen LogP contribution in [0.1, 0.15) is 30.9 Å². The van der Waals surface area contributed by atoms with E-state index >= 15 is 0 Å². The lowest BCUT2D eigenvalue weighted by Crippen LogP contribution is -2.39. The first-order valence-electron chi connectivity index (χ1n) is 6.84. The van der Waals surface area contributed by atoms with Crippen molar-refractivity contribution >= 4 is 18.0 Å². The van der Waals surface area contributed by atoms with Gasteiger partial charge in [0.25, 0.3) is 0 Å². The quantitative estimate of drug-likeness (QED) is 0.756. The van der Waals surface area contributed by atoms with Gasteiger partial charge >= 0.3 is 5.97 Å². The SMILES string of the molecule is CCCC(NC(=O)/C=C/c1cc(C)ccc1OC)C(=O)O. The van der Waals surface area contributed by atoms with Crippen LogP contribution in [0.5, 0.6) is 5.75 Å². The highest BCUT2D eigenvalue weighted by atomic mass is 16.5. The number of nitrogens with one attached hydrogen (secondary N) is 1. The maximum atomic E-state index is 11.8.